The van der Waals surface area contributed by atoms with Crippen LogP contribution >= 0.6 is 0 Å². The molecule has 0 bridgehead atoms. The van der Waals surface area contributed by atoms with Gasteiger partial charge in [0.1, 0.15) is 6.04 Å². The van der Waals surface area contributed by atoms with E-state index in [0.717, 1.165) is 12.8 Å². The molecule has 0 aromatic carbocycles. The van der Waals surface area contributed by atoms with Crippen molar-refractivity contribution >= 4 is 19.7 Å². The smallest absolute Gasteiger partial charge is 0.320 e. The lowest BCUT2D eigenvalue weighted by Gasteiger charge is -2.43. The van der Waals surface area contributed by atoms with Gasteiger partial charge in [0.15, 0.2) is 0 Å². The summed E-state index contributed by atoms with van der Waals surface area (Å²) in [6, 6.07) is -1.02. The molecule has 0 saturated carbocycles. The zero-order valence-electron chi connectivity index (χ0n) is 15.9. The van der Waals surface area contributed by atoms with E-state index in [9.17, 15) is 14.7 Å². The SMILES string of the molecule is CC.[B]C1(C(NC(C)=O)C(C)CCC)NC(C(=O)O)CC1/C=C\C. The van der Waals surface area contributed by atoms with Crippen molar-refractivity contribution < 1.29 is 14.7 Å². The van der Waals surface area contributed by atoms with E-state index in [1.165, 1.54) is 6.92 Å². The fourth-order valence-electron chi connectivity index (χ4n) is 3.44. The maximum Gasteiger partial charge on any atom is 0.320 e. The molecule has 5 unspecified atom stereocenters. The van der Waals surface area contributed by atoms with E-state index < -0.39 is 17.4 Å². The Labute approximate surface area is 148 Å². The third-order valence-corrected chi connectivity index (χ3v) is 4.44. The second-order valence-corrected chi connectivity index (χ2v) is 6.28. The van der Waals surface area contributed by atoms with Crippen LogP contribution in [0, 0.1) is 11.8 Å². The summed E-state index contributed by atoms with van der Waals surface area (Å²) in [6.07, 6.45) is 6.12. The third kappa shape index (κ3) is 5.65. The molecule has 136 valence electrons. The Kier molecular flexibility index (Phi) is 9.98. The highest BCUT2D eigenvalue weighted by Gasteiger charge is 2.50. The van der Waals surface area contributed by atoms with E-state index in [4.69, 9.17) is 7.85 Å². The first-order chi connectivity index (χ1) is 11.3. The fourth-order valence-corrected chi connectivity index (χ4v) is 3.44. The Morgan fingerprint density at radius 3 is 2.46 bits per heavy atom. The summed E-state index contributed by atoms with van der Waals surface area (Å²) in [5.41, 5.74) is -0.962. The van der Waals surface area contributed by atoms with Crippen LogP contribution in [0.4, 0.5) is 0 Å². The molecule has 0 aliphatic carbocycles. The normalized spacial score (nSPS) is 28.8. The van der Waals surface area contributed by atoms with Crippen molar-refractivity contribution in [3.05, 3.63) is 12.2 Å². The van der Waals surface area contributed by atoms with Crippen molar-refractivity contribution in [3.63, 3.8) is 0 Å². The van der Waals surface area contributed by atoms with Crippen LogP contribution < -0.4 is 10.6 Å². The van der Waals surface area contributed by atoms with E-state index in [2.05, 4.69) is 17.6 Å². The number of allylic oxidation sites excluding steroid dienone is 1. The van der Waals surface area contributed by atoms with Gasteiger partial charge in [-0.3, -0.25) is 9.59 Å². The van der Waals surface area contributed by atoms with E-state index >= 15 is 0 Å². The van der Waals surface area contributed by atoms with E-state index in [-0.39, 0.29) is 23.8 Å². The minimum absolute atomic E-state index is 0.144. The van der Waals surface area contributed by atoms with Crippen molar-refractivity contribution in [1.29, 1.82) is 0 Å². The van der Waals surface area contributed by atoms with Gasteiger partial charge in [-0.25, -0.2) is 0 Å². The Morgan fingerprint density at radius 1 is 1.46 bits per heavy atom. The number of carboxylic acids is 1. The zero-order chi connectivity index (χ0) is 18.9. The van der Waals surface area contributed by atoms with Gasteiger partial charge in [0, 0.05) is 18.4 Å². The minimum atomic E-state index is -0.962. The maximum atomic E-state index is 11.6. The molecule has 24 heavy (non-hydrogen) atoms. The van der Waals surface area contributed by atoms with Gasteiger partial charge in [-0.1, -0.05) is 46.3 Å². The molecule has 1 aliphatic rings. The van der Waals surface area contributed by atoms with Crippen molar-refractivity contribution in [2.45, 2.75) is 78.3 Å². The second kappa shape index (κ2) is 10.5. The number of carboxylic acid groups (broad SMARTS) is 1. The summed E-state index contributed by atoms with van der Waals surface area (Å²) < 4.78 is 0. The van der Waals surface area contributed by atoms with Crippen LogP contribution in [0.1, 0.15) is 60.8 Å². The Balaban J connectivity index is 0.00000254. The molecule has 0 aromatic rings. The highest BCUT2D eigenvalue weighted by molar-refractivity contribution is 6.17. The Hall–Kier alpha value is -1.30. The third-order valence-electron chi connectivity index (χ3n) is 4.44. The maximum absolute atomic E-state index is 11.6. The minimum Gasteiger partial charge on any atom is -0.480 e. The first kappa shape index (κ1) is 22.7. The number of hydrogen-bond donors (Lipinski definition) is 3. The van der Waals surface area contributed by atoms with Gasteiger partial charge < -0.3 is 15.7 Å². The molecule has 5 atom stereocenters. The molecule has 0 aromatic heterocycles. The summed E-state index contributed by atoms with van der Waals surface area (Å²) in [7, 11) is 6.60. The lowest BCUT2D eigenvalue weighted by molar-refractivity contribution is -0.139. The predicted octanol–water partition coefficient (Wildman–Crippen LogP) is 2.46. The van der Waals surface area contributed by atoms with E-state index in [1.807, 2.05) is 39.8 Å². The molecule has 1 rings (SSSR count). The number of rotatable bonds is 7. The quantitative estimate of drug-likeness (QED) is 0.493. The molecule has 1 amide bonds. The van der Waals surface area contributed by atoms with Crippen LogP contribution in [-0.4, -0.2) is 42.4 Å². The number of amides is 1. The van der Waals surface area contributed by atoms with Crippen LogP contribution in [0.5, 0.6) is 0 Å². The average molecular weight is 336 g/mol. The lowest BCUT2D eigenvalue weighted by Crippen LogP contribution is -2.65. The van der Waals surface area contributed by atoms with Crippen molar-refractivity contribution in [3.8, 4) is 0 Å². The van der Waals surface area contributed by atoms with Gasteiger partial charge >= 0.3 is 5.97 Å². The molecule has 1 saturated heterocycles. The fraction of sp³-hybridized carbons (Fsp3) is 0.778. The van der Waals surface area contributed by atoms with Crippen molar-refractivity contribution in [1.82, 2.24) is 10.6 Å². The van der Waals surface area contributed by atoms with Gasteiger partial charge in [0.2, 0.25) is 5.91 Å². The summed E-state index contributed by atoms with van der Waals surface area (Å²) >= 11 is 0. The Bertz CT molecular complexity index is 442. The van der Waals surface area contributed by atoms with Crippen LogP contribution in [-0.2, 0) is 9.59 Å². The average Bonchev–Trinajstić information content (AvgIpc) is 2.86. The van der Waals surface area contributed by atoms with Crippen LogP contribution in [0.2, 0.25) is 0 Å². The number of hydrogen-bond acceptors (Lipinski definition) is 3. The predicted molar refractivity (Wildman–Crippen MR) is 99.0 cm³/mol. The molecular formula is C18H33BN2O3. The van der Waals surface area contributed by atoms with Crippen LogP contribution in [0.3, 0.4) is 0 Å². The van der Waals surface area contributed by atoms with Gasteiger partial charge in [-0.15, -0.1) is 0 Å². The van der Waals surface area contributed by atoms with E-state index in [0.29, 0.717) is 6.42 Å². The molecular weight excluding hydrogens is 303 g/mol. The number of carbonyl (C=O) groups excluding carboxylic acids is 1. The van der Waals surface area contributed by atoms with Crippen molar-refractivity contribution in [2.24, 2.45) is 11.8 Å². The van der Waals surface area contributed by atoms with Gasteiger partial charge in [-0.2, -0.15) is 0 Å². The molecule has 6 heteroatoms. The number of nitrogens with one attached hydrogen (secondary N) is 2. The van der Waals surface area contributed by atoms with Gasteiger partial charge in [-0.05, 0) is 31.6 Å². The lowest BCUT2D eigenvalue weighted by atomic mass is 9.61. The monoisotopic (exact) mass is 336 g/mol. The van der Waals surface area contributed by atoms with Crippen LogP contribution in [0.15, 0.2) is 12.2 Å². The highest BCUT2D eigenvalue weighted by atomic mass is 16.4. The molecule has 1 aliphatic heterocycles. The molecule has 2 radical (unpaired) electrons. The summed E-state index contributed by atoms with van der Waals surface area (Å²) in [5.74, 6) is -1.06. The molecule has 0 spiro atoms. The van der Waals surface area contributed by atoms with Crippen molar-refractivity contribution in [2.75, 3.05) is 0 Å². The first-order valence-corrected chi connectivity index (χ1v) is 8.95. The topological polar surface area (TPSA) is 78.4 Å². The number of carbonyl (C=O) groups is 2. The van der Waals surface area contributed by atoms with Crippen LogP contribution in [0.25, 0.3) is 0 Å². The van der Waals surface area contributed by atoms with Gasteiger partial charge in [0.05, 0.1) is 7.85 Å². The largest absolute Gasteiger partial charge is 0.480 e. The second-order valence-electron chi connectivity index (χ2n) is 6.28. The first-order valence-electron chi connectivity index (χ1n) is 8.95. The summed E-state index contributed by atoms with van der Waals surface area (Å²) in [4.78, 5) is 23.0. The summed E-state index contributed by atoms with van der Waals surface area (Å²) in [5, 5.41) is 15.3. The summed E-state index contributed by atoms with van der Waals surface area (Å²) in [6.45, 7) is 11.5. The van der Waals surface area contributed by atoms with Gasteiger partial charge in [0.25, 0.3) is 0 Å². The molecule has 1 fully saturated rings. The van der Waals surface area contributed by atoms with E-state index in [1.54, 1.807) is 0 Å². The molecule has 1 heterocycles. The number of aliphatic carboxylic acids is 1. The standard InChI is InChI=1S/C16H27BN2O3.C2H6/c1-5-7-10(3)14(18-11(4)20)16(17)12(8-6-2)9-13(19-16)15(21)22;1-2/h6,8,10,12-14,19H,5,7,9H2,1-4H3,(H,18,20)(H,21,22);1-2H3/b8-6-;. The zero-order valence-corrected chi connectivity index (χ0v) is 15.9. The molecule has 5 nitrogen and oxygen atoms in total. The molecule has 3 N–H and O–H groups in total. The highest BCUT2D eigenvalue weighted by Crippen LogP contribution is 2.35. The Morgan fingerprint density at radius 2 is 2.04 bits per heavy atom.